The highest BCUT2D eigenvalue weighted by Gasteiger charge is 2.29. The highest BCUT2D eigenvalue weighted by Crippen LogP contribution is 2.32. The van der Waals surface area contributed by atoms with Crippen molar-refractivity contribution >= 4 is 21.5 Å². The summed E-state index contributed by atoms with van der Waals surface area (Å²) in [5, 5.41) is 7.48. The molecule has 0 unspecified atom stereocenters. The number of hydrogen-bond acceptors (Lipinski definition) is 5. The minimum atomic E-state index is -3.37. The van der Waals surface area contributed by atoms with Crippen molar-refractivity contribution in [2.24, 2.45) is 5.92 Å². The van der Waals surface area contributed by atoms with E-state index in [1.165, 1.54) is 6.26 Å². The molecule has 0 aromatic carbocycles. The van der Waals surface area contributed by atoms with Crippen LogP contribution in [0.1, 0.15) is 33.1 Å². The zero-order chi connectivity index (χ0) is 14.2. The summed E-state index contributed by atoms with van der Waals surface area (Å²) in [6.07, 6.45) is 4.20. The van der Waals surface area contributed by atoms with Crippen LogP contribution in [-0.2, 0) is 16.4 Å². The Morgan fingerprint density at radius 1 is 1.47 bits per heavy atom. The molecule has 6 nitrogen and oxygen atoms in total. The molecular weight excluding hydrogens is 264 g/mol. The fourth-order valence-electron chi connectivity index (χ4n) is 1.89. The van der Waals surface area contributed by atoms with E-state index in [2.05, 4.69) is 24.3 Å². The van der Waals surface area contributed by atoms with Crippen LogP contribution in [0.5, 0.6) is 0 Å². The van der Waals surface area contributed by atoms with Crippen LogP contribution in [0.25, 0.3) is 0 Å². The summed E-state index contributed by atoms with van der Waals surface area (Å²) >= 11 is 0. The third-order valence-corrected chi connectivity index (χ3v) is 4.30. The number of nitrogens with two attached hydrogens (primary N) is 1. The molecule has 0 saturated heterocycles. The molecule has 3 N–H and O–H groups in total. The lowest BCUT2D eigenvalue weighted by Crippen LogP contribution is -2.09. The normalized spacial score (nSPS) is 16.0. The first-order chi connectivity index (χ1) is 8.79. The monoisotopic (exact) mass is 286 g/mol. The van der Waals surface area contributed by atoms with E-state index in [0.717, 1.165) is 19.3 Å². The molecule has 7 heteroatoms. The Morgan fingerprint density at radius 3 is 2.58 bits per heavy atom. The van der Waals surface area contributed by atoms with Gasteiger partial charge in [-0.25, -0.2) is 13.1 Å². The van der Waals surface area contributed by atoms with Crippen molar-refractivity contribution < 1.29 is 8.42 Å². The molecule has 1 aliphatic carbocycles. The number of aryl methyl sites for hydroxylation is 1. The van der Waals surface area contributed by atoms with Gasteiger partial charge in [0.2, 0.25) is 0 Å². The minimum Gasteiger partial charge on any atom is -0.383 e. The highest BCUT2D eigenvalue weighted by molar-refractivity contribution is 7.91. The smallest absolute Gasteiger partial charge is 0.182 e. The van der Waals surface area contributed by atoms with Crippen molar-refractivity contribution in [3.8, 4) is 0 Å². The predicted molar refractivity (Wildman–Crippen MR) is 75.8 cm³/mol. The molecule has 19 heavy (non-hydrogen) atoms. The topological polar surface area (TPSA) is 90.0 Å². The van der Waals surface area contributed by atoms with Gasteiger partial charge >= 0.3 is 0 Å². The summed E-state index contributed by atoms with van der Waals surface area (Å²) in [4.78, 5) is 0.142. The number of sulfone groups is 1. The van der Waals surface area contributed by atoms with Crippen molar-refractivity contribution in [2.75, 3.05) is 17.3 Å². The van der Waals surface area contributed by atoms with E-state index in [4.69, 9.17) is 5.73 Å². The molecular formula is C12H22N4O2S. The van der Waals surface area contributed by atoms with Gasteiger partial charge in [0, 0.05) is 18.8 Å². The number of hydrogen-bond donors (Lipinski definition) is 2. The average Bonchev–Trinajstić information content (AvgIpc) is 2.99. The largest absolute Gasteiger partial charge is 0.383 e. The van der Waals surface area contributed by atoms with E-state index in [0.29, 0.717) is 24.3 Å². The van der Waals surface area contributed by atoms with E-state index in [-0.39, 0.29) is 10.7 Å². The molecule has 0 spiro atoms. The van der Waals surface area contributed by atoms with Gasteiger partial charge < -0.3 is 11.1 Å². The molecule has 0 amide bonds. The van der Waals surface area contributed by atoms with E-state index in [1.54, 1.807) is 4.68 Å². The third-order valence-electron chi connectivity index (χ3n) is 3.15. The molecule has 1 aromatic rings. The lowest BCUT2D eigenvalue weighted by Gasteiger charge is -2.06. The van der Waals surface area contributed by atoms with Crippen LogP contribution in [0.3, 0.4) is 0 Å². The number of aromatic nitrogens is 2. The molecule has 1 aliphatic rings. The molecule has 1 fully saturated rings. The predicted octanol–water partition coefficient (Wildman–Crippen LogP) is 1.49. The zero-order valence-electron chi connectivity index (χ0n) is 11.7. The van der Waals surface area contributed by atoms with E-state index in [1.807, 2.05) is 0 Å². The number of rotatable bonds is 6. The minimum absolute atomic E-state index is 0.142. The maximum atomic E-state index is 11.9. The van der Waals surface area contributed by atoms with Crippen molar-refractivity contribution in [3.05, 3.63) is 0 Å². The highest BCUT2D eigenvalue weighted by atomic mass is 32.2. The van der Waals surface area contributed by atoms with E-state index < -0.39 is 9.84 Å². The Bertz CT molecular complexity index is 559. The van der Waals surface area contributed by atoms with Crippen LogP contribution < -0.4 is 11.1 Å². The van der Waals surface area contributed by atoms with E-state index in [9.17, 15) is 8.42 Å². The van der Waals surface area contributed by atoms with Crippen LogP contribution in [0, 0.1) is 5.92 Å². The molecule has 0 aliphatic heterocycles. The van der Waals surface area contributed by atoms with Gasteiger partial charge in [0.25, 0.3) is 0 Å². The first-order valence-electron chi connectivity index (χ1n) is 6.62. The second-order valence-corrected chi connectivity index (χ2v) is 7.61. The summed E-state index contributed by atoms with van der Waals surface area (Å²) in [6, 6.07) is 0.341. The Morgan fingerprint density at radius 2 is 2.11 bits per heavy atom. The molecule has 1 saturated carbocycles. The van der Waals surface area contributed by atoms with Crippen LogP contribution in [0.4, 0.5) is 11.6 Å². The number of nitrogens with one attached hydrogen (secondary N) is 1. The summed E-state index contributed by atoms with van der Waals surface area (Å²) < 4.78 is 25.3. The lowest BCUT2D eigenvalue weighted by molar-refractivity contribution is 0.491. The fraction of sp³-hybridized carbons (Fsp3) is 0.750. The zero-order valence-corrected chi connectivity index (χ0v) is 12.5. The Labute approximate surface area is 114 Å². The van der Waals surface area contributed by atoms with Crippen molar-refractivity contribution in [2.45, 2.75) is 50.6 Å². The molecule has 1 aromatic heterocycles. The Hall–Kier alpha value is -1.24. The van der Waals surface area contributed by atoms with Crippen LogP contribution >= 0.6 is 0 Å². The molecule has 0 radical (unpaired) electrons. The first kappa shape index (κ1) is 14.2. The van der Waals surface area contributed by atoms with Gasteiger partial charge in [-0.2, -0.15) is 5.10 Å². The molecule has 0 atom stereocenters. The van der Waals surface area contributed by atoms with Crippen molar-refractivity contribution in [3.63, 3.8) is 0 Å². The van der Waals surface area contributed by atoms with Gasteiger partial charge in [-0.15, -0.1) is 0 Å². The van der Waals surface area contributed by atoms with Gasteiger partial charge in [0.15, 0.2) is 20.6 Å². The molecule has 0 bridgehead atoms. The summed E-state index contributed by atoms with van der Waals surface area (Å²) in [6.45, 7) is 4.86. The van der Waals surface area contributed by atoms with Crippen molar-refractivity contribution in [1.29, 1.82) is 0 Å². The second-order valence-electron chi connectivity index (χ2n) is 5.66. The van der Waals surface area contributed by atoms with Crippen LogP contribution in [-0.4, -0.2) is 30.5 Å². The Balaban J connectivity index is 2.32. The van der Waals surface area contributed by atoms with E-state index >= 15 is 0 Å². The molecule has 2 rings (SSSR count). The quantitative estimate of drug-likeness (QED) is 0.827. The van der Waals surface area contributed by atoms with Crippen LogP contribution in [0.15, 0.2) is 4.90 Å². The van der Waals surface area contributed by atoms with Gasteiger partial charge in [-0.1, -0.05) is 13.8 Å². The third kappa shape index (κ3) is 3.40. The molecule has 108 valence electrons. The number of anilines is 2. The van der Waals surface area contributed by atoms with Gasteiger partial charge in [-0.3, -0.25) is 0 Å². The van der Waals surface area contributed by atoms with Gasteiger partial charge in [-0.05, 0) is 25.2 Å². The van der Waals surface area contributed by atoms with Gasteiger partial charge in [0.05, 0.1) is 0 Å². The molecule has 1 heterocycles. The summed E-state index contributed by atoms with van der Waals surface area (Å²) in [5.41, 5.74) is 5.95. The maximum absolute atomic E-state index is 11.9. The maximum Gasteiger partial charge on any atom is 0.182 e. The second kappa shape index (κ2) is 5.03. The average molecular weight is 286 g/mol. The number of nitrogen functional groups attached to an aromatic ring is 1. The summed E-state index contributed by atoms with van der Waals surface area (Å²) in [5.74, 6) is 1.17. The first-order valence-corrected chi connectivity index (χ1v) is 8.51. The van der Waals surface area contributed by atoms with Gasteiger partial charge in [0.1, 0.15) is 5.82 Å². The SMILES string of the molecule is CC(C)CCn1nc(NC2CC2)c(S(C)(=O)=O)c1N. The lowest BCUT2D eigenvalue weighted by atomic mass is 10.1. The van der Waals surface area contributed by atoms with Crippen molar-refractivity contribution in [1.82, 2.24) is 9.78 Å². The Kier molecular flexibility index (Phi) is 3.75. The summed E-state index contributed by atoms with van der Waals surface area (Å²) in [7, 11) is -3.37. The van der Waals surface area contributed by atoms with Crippen LogP contribution in [0.2, 0.25) is 0 Å². The standard InChI is InChI=1S/C12H22N4O2S/c1-8(2)6-7-16-11(13)10(19(3,17)18)12(15-16)14-9-4-5-9/h8-9H,4-7,13H2,1-3H3,(H,14,15). The fourth-order valence-corrected chi connectivity index (χ4v) is 2.83. The number of nitrogens with zero attached hydrogens (tertiary/aromatic N) is 2.